The largest absolute Gasteiger partial charge is 0.371 e. The Hall–Kier alpha value is -1.02. The molecule has 14 heavy (non-hydrogen) atoms. The normalized spacial score (nSPS) is 19.9. The Kier molecular flexibility index (Phi) is 2.46. The lowest BCUT2D eigenvalue weighted by Crippen LogP contribution is -2.30. The molecule has 2 N–H and O–H groups in total. The van der Waals surface area contributed by atoms with E-state index in [9.17, 15) is 0 Å². The predicted octanol–water partition coefficient (Wildman–Crippen LogP) is 1.70. The molecule has 76 valence electrons. The van der Waals surface area contributed by atoms with Crippen LogP contribution in [0.2, 0.25) is 0 Å². The number of nitrogens with zero attached hydrogens (tertiary/aromatic N) is 1. The van der Waals surface area contributed by atoms with Crippen LogP contribution in [0.3, 0.4) is 0 Å². The van der Waals surface area contributed by atoms with E-state index >= 15 is 0 Å². The second kappa shape index (κ2) is 3.62. The number of para-hydroxylation sites is 1. The van der Waals surface area contributed by atoms with Crippen molar-refractivity contribution in [3.8, 4) is 0 Å². The fraction of sp³-hybridized carbons (Fsp3) is 0.500. The van der Waals surface area contributed by atoms with Crippen LogP contribution in [0.5, 0.6) is 0 Å². The zero-order valence-electron chi connectivity index (χ0n) is 8.96. The molecule has 1 unspecified atom stereocenters. The number of hydrogen-bond acceptors (Lipinski definition) is 2. The second-order valence-corrected chi connectivity index (χ2v) is 4.13. The molecule has 0 aliphatic carbocycles. The lowest BCUT2D eigenvalue weighted by atomic mass is 10.1. The number of rotatable bonds is 2. The summed E-state index contributed by atoms with van der Waals surface area (Å²) in [6, 6.07) is 7.17. The van der Waals surface area contributed by atoms with Gasteiger partial charge in [-0.2, -0.15) is 0 Å². The molecular formula is C12H18N2. The lowest BCUT2D eigenvalue weighted by molar-refractivity contribution is 0.616. The van der Waals surface area contributed by atoms with Crippen LogP contribution in [0, 0.1) is 6.92 Å². The van der Waals surface area contributed by atoms with Crippen LogP contribution in [0.4, 0.5) is 5.69 Å². The standard InChI is InChI=1S/C12H18N2/c1-9-4-3-5-10-8-11(6-7-13)14(2)12(9)10/h3-5,11H,6-8,13H2,1-2H3. The smallest absolute Gasteiger partial charge is 0.0429 e. The highest BCUT2D eigenvalue weighted by Gasteiger charge is 2.26. The molecule has 2 heteroatoms. The lowest BCUT2D eigenvalue weighted by Gasteiger charge is -2.23. The van der Waals surface area contributed by atoms with Crippen molar-refractivity contribution in [1.29, 1.82) is 0 Å². The molecule has 0 radical (unpaired) electrons. The van der Waals surface area contributed by atoms with Gasteiger partial charge in [0.2, 0.25) is 0 Å². The number of fused-ring (bicyclic) bond motifs is 1. The van der Waals surface area contributed by atoms with Crippen molar-refractivity contribution in [3.63, 3.8) is 0 Å². The summed E-state index contributed by atoms with van der Waals surface area (Å²) in [4.78, 5) is 2.39. The molecule has 2 nitrogen and oxygen atoms in total. The molecule has 1 aliphatic rings. The Bertz CT molecular complexity index is 333. The van der Waals surface area contributed by atoms with Gasteiger partial charge >= 0.3 is 0 Å². The van der Waals surface area contributed by atoms with Crippen molar-refractivity contribution in [2.45, 2.75) is 25.8 Å². The summed E-state index contributed by atoms with van der Waals surface area (Å²) in [5.41, 5.74) is 9.90. The van der Waals surface area contributed by atoms with E-state index in [0.29, 0.717) is 6.04 Å². The Morgan fingerprint density at radius 1 is 1.50 bits per heavy atom. The zero-order valence-corrected chi connectivity index (χ0v) is 8.96. The van der Waals surface area contributed by atoms with Gasteiger partial charge in [0.05, 0.1) is 0 Å². The van der Waals surface area contributed by atoms with Gasteiger partial charge in [-0.1, -0.05) is 18.2 Å². The van der Waals surface area contributed by atoms with Crippen LogP contribution < -0.4 is 10.6 Å². The monoisotopic (exact) mass is 190 g/mol. The van der Waals surface area contributed by atoms with E-state index in [1.54, 1.807) is 0 Å². The number of nitrogens with two attached hydrogens (primary N) is 1. The third-order valence-corrected chi connectivity index (χ3v) is 3.18. The van der Waals surface area contributed by atoms with Gasteiger partial charge in [-0.3, -0.25) is 0 Å². The molecule has 0 fully saturated rings. The molecule has 0 spiro atoms. The fourth-order valence-corrected chi connectivity index (χ4v) is 2.45. The molecule has 0 saturated heterocycles. The van der Waals surface area contributed by atoms with Gasteiger partial charge in [0, 0.05) is 18.8 Å². The maximum Gasteiger partial charge on any atom is 0.0429 e. The maximum absolute atomic E-state index is 5.62. The SMILES string of the molecule is Cc1cccc2c1N(C)C(CCN)C2. The molecule has 1 atom stereocenters. The van der Waals surface area contributed by atoms with Crippen molar-refractivity contribution < 1.29 is 0 Å². The van der Waals surface area contributed by atoms with Gasteiger partial charge in [-0.25, -0.2) is 0 Å². The number of benzene rings is 1. The molecule has 1 heterocycles. The van der Waals surface area contributed by atoms with Gasteiger partial charge < -0.3 is 10.6 Å². The van der Waals surface area contributed by atoms with Crippen LogP contribution in [-0.2, 0) is 6.42 Å². The number of aryl methyl sites for hydroxylation is 1. The molecule has 1 aromatic rings. The van der Waals surface area contributed by atoms with E-state index in [-0.39, 0.29) is 0 Å². The molecular weight excluding hydrogens is 172 g/mol. The number of likely N-dealkylation sites (N-methyl/N-ethyl adjacent to an activating group) is 1. The van der Waals surface area contributed by atoms with Crippen molar-refractivity contribution in [2.75, 3.05) is 18.5 Å². The van der Waals surface area contributed by atoms with Crippen LogP contribution in [0.25, 0.3) is 0 Å². The summed E-state index contributed by atoms with van der Waals surface area (Å²) in [6.07, 6.45) is 2.25. The molecule has 0 aromatic heterocycles. The van der Waals surface area contributed by atoms with Crippen molar-refractivity contribution in [3.05, 3.63) is 29.3 Å². The molecule has 1 aliphatic heterocycles. The first-order valence-electron chi connectivity index (χ1n) is 5.25. The highest BCUT2D eigenvalue weighted by atomic mass is 15.2. The van der Waals surface area contributed by atoms with Gasteiger partial charge in [0.15, 0.2) is 0 Å². The average molecular weight is 190 g/mol. The van der Waals surface area contributed by atoms with Gasteiger partial charge in [-0.15, -0.1) is 0 Å². The topological polar surface area (TPSA) is 29.3 Å². The van der Waals surface area contributed by atoms with Crippen LogP contribution in [0.1, 0.15) is 17.5 Å². The minimum absolute atomic E-state index is 0.607. The Balaban J connectivity index is 2.31. The third kappa shape index (κ3) is 1.40. The Morgan fingerprint density at radius 3 is 2.93 bits per heavy atom. The minimum Gasteiger partial charge on any atom is -0.371 e. The quantitative estimate of drug-likeness (QED) is 0.769. The van der Waals surface area contributed by atoms with Crippen molar-refractivity contribution >= 4 is 5.69 Å². The van der Waals surface area contributed by atoms with Gasteiger partial charge in [-0.05, 0) is 37.4 Å². The van der Waals surface area contributed by atoms with E-state index in [4.69, 9.17) is 5.73 Å². The van der Waals surface area contributed by atoms with E-state index < -0.39 is 0 Å². The fourth-order valence-electron chi connectivity index (χ4n) is 2.45. The number of anilines is 1. The van der Waals surface area contributed by atoms with E-state index in [2.05, 4.69) is 37.1 Å². The maximum atomic E-state index is 5.62. The molecule has 0 bridgehead atoms. The van der Waals surface area contributed by atoms with E-state index in [0.717, 1.165) is 19.4 Å². The van der Waals surface area contributed by atoms with Crippen LogP contribution in [0.15, 0.2) is 18.2 Å². The Labute approximate surface area is 85.7 Å². The highest BCUT2D eigenvalue weighted by Crippen LogP contribution is 2.34. The summed E-state index contributed by atoms with van der Waals surface area (Å²) in [5, 5.41) is 0. The van der Waals surface area contributed by atoms with E-state index in [1.165, 1.54) is 16.8 Å². The Morgan fingerprint density at radius 2 is 2.29 bits per heavy atom. The second-order valence-electron chi connectivity index (χ2n) is 4.13. The first-order chi connectivity index (χ1) is 6.74. The average Bonchev–Trinajstić information content (AvgIpc) is 2.46. The first kappa shape index (κ1) is 9.53. The number of hydrogen-bond donors (Lipinski definition) is 1. The summed E-state index contributed by atoms with van der Waals surface area (Å²) < 4.78 is 0. The first-order valence-corrected chi connectivity index (χ1v) is 5.25. The summed E-state index contributed by atoms with van der Waals surface area (Å²) in [7, 11) is 2.18. The van der Waals surface area contributed by atoms with Crippen LogP contribution >= 0.6 is 0 Å². The summed E-state index contributed by atoms with van der Waals surface area (Å²) >= 11 is 0. The van der Waals surface area contributed by atoms with E-state index in [1.807, 2.05) is 0 Å². The van der Waals surface area contributed by atoms with Crippen molar-refractivity contribution in [2.24, 2.45) is 5.73 Å². The summed E-state index contributed by atoms with van der Waals surface area (Å²) in [5.74, 6) is 0. The molecule has 0 amide bonds. The van der Waals surface area contributed by atoms with Gasteiger partial charge in [0.1, 0.15) is 0 Å². The van der Waals surface area contributed by atoms with Crippen molar-refractivity contribution in [1.82, 2.24) is 0 Å². The predicted molar refractivity (Wildman–Crippen MR) is 60.7 cm³/mol. The molecule has 2 rings (SSSR count). The summed E-state index contributed by atoms with van der Waals surface area (Å²) in [6.45, 7) is 2.96. The molecule has 0 saturated carbocycles. The highest BCUT2D eigenvalue weighted by molar-refractivity contribution is 5.63. The van der Waals surface area contributed by atoms with Crippen LogP contribution in [-0.4, -0.2) is 19.6 Å². The van der Waals surface area contributed by atoms with Gasteiger partial charge in [0.25, 0.3) is 0 Å². The minimum atomic E-state index is 0.607. The third-order valence-electron chi connectivity index (χ3n) is 3.18. The molecule has 1 aromatic carbocycles. The zero-order chi connectivity index (χ0) is 10.1.